The predicted molar refractivity (Wildman–Crippen MR) is 93.9 cm³/mol. The van der Waals surface area contributed by atoms with Crippen LogP contribution in [0, 0.1) is 13.8 Å². The van der Waals surface area contributed by atoms with E-state index in [-0.39, 0.29) is 5.91 Å². The van der Waals surface area contributed by atoms with Crippen LogP contribution < -0.4 is 5.32 Å². The highest BCUT2D eigenvalue weighted by Gasteiger charge is 2.11. The molecule has 0 atom stereocenters. The summed E-state index contributed by atoms with van der Waals surface area (Å²) in [6, 6.07) is 5.63. The first-order chi connectivity index (χ1) is 11.5. The van der Waals surface area contributed by atoms with Crippen LogP contribution in [0.15, 0.2) is 24.4 Å². The second kappa shape index (κ2) is 6.65. The van der Waals surface area contributed by atoms with Crippen LogP contribution >= 0.6 is 11.6 Å². The number of benzene rings is 1. The summed E-state index contributed by atoms with van der Waals surface area (Å²) in [7, 11) is 1.90. The van der Waals surface area contributed by atoms with Gasteiger partial charge in [-0.15, -0.1) is 0 Å². The molecule has 24 heavy (non-hydrogen) atoms. The van der Waals surface area contributed by atoms with Crippen LogP contribution in [0.3, 0.4) is 0 Å². The van der Waals surface area contributed by atoms with E-state index in [1.807, 2.05) is 43.8 Å². The van der Waals surface area contributed by atoms with Gasteiger partial charge < -0.3 is 5.32 Å². The first kappa shape index (κ1) is 16.5. The van der Waals surface area contributed by atoms with Crippen molar-refractivity contribution in [1.82, 2.24) is 24.9 Å². The average Bonchev–Trinajstić information content (AvgIpc) is 3.04. The van der Waals surface area contributed by atoms with Crippen molar-refractivity contribution in [1.29, 1.82) is 0 Å². The summed E-state index contributed by atoms with van der Waals surface area (Å²) < 4.78 is 3.64. The first-order valence-corrected chi connectivity index (χ1v) is 8.20. The first-order valence-electron chi connectivity index (χ1n) is 7.82. The number of nitrogens with zero attached hydrogens (tertiary/aromatic N) is 4. The van der Waals surface area contributed by atoms with Crippen molar-refractivity contribution in [2.45, 2.75) is 33.4 Å². The van der Waals surface area contributed by atoms with Crippen molar-refractivity contribution in [3.8, 4) is 0 Å². The second-order valence-corrected chi connectivity index (χ2v) is 6.31. The van der Waals surface area contributed by atoms with Crippen LogP contribution in [0.4, 0.5) is 0 Å². The van der Waals surface area contributed by atoms with Gasteiger partial charge in [0.25, 0.3) is 0 Å². The van der Waals surface area contributed by atoms with Crippen LogP contribution in [0.2, 0.25) is 5.02 Å². The predicted octanol–water partition coefficient (Wildman–Crippen LogP) is 2.75. The molecule has 0 fully saturated rings. The van der Waals surface area contributed by atoms with Crippen molar-refractivity contribution < 1.29 is 4.79 Å². The van der Waals surface area contributed by atoms with Crippen molar-refractivity contribution in [2.24, 2.45) is 7.05 Å². The molecule has 3 rings (SSSR count). The Balaban J connectivity index is 1.60. The van der Waals surface area contributed by atoms with Crippen LogP contribution in [0.25, 0.3) is 10.9 Å². The van der Waals surface area contributed by atoms with Gasteiger partial charge in [-0.2, -0.15) is 10.2 Å². The van der Waals surface area contributed by atoms with E-state index in [1.165, 1.54) is 0 Å². The Bertz CT molecular complexity index is 896. The third-order valence-electron chi connectivity index (χ3n) is 4.28. The smallest absolute Gasteiger partial charge is 0.222 e. The molecule has 2 aromatic heterocycles. The molecule has 0 unspecified atom stereocenters. The number of halogens is 1. The standard InChI is InChI=1S/C17H20ClN5O/c1-11-15(12(2)22(3)21-11)10-19-17(24)6-7-23-16-8-14(18)5-4-13(16)9-20-23/h4-5,8-9H,6-7,10H2,1-3H3,(H,19,24). The highest BCUT2D eigenvalue weighted by Crippen LogP contribution is 2.19. The molecule has 1 N–H and O–H groups in total. The number of hydrogen-bond acceptors (Lipinski definition) is 3. The highest BCUT2D eigenvalue weighted by molar-refractivity contribution is 6.31. The maximum atomic E-state index is 12.1. The zero-order chi connectivity index (χ0) is 17.3. The maximum absolute atomic E-state index is 12.1. The van der Waals surface area contributed by atoms with Gasteiger partial charge in [0, 0.05) is 41.7 Å². The molecule has 0 aliphatic rings. The molecule has 0 aliphatic carbocycles. The molecule has 0 aliphatic heterocycles. The molecule has 6 nitrogen and oxygen atoms in total. The fourth-order valence-electron chi connectivity index (χ4n) is 2.78. The lowest BCUT2D eigenvalue weighted by atomic mass is 10.2. The summed E-state index contributed by atoms with van der Waals surface area (Å²) in [5, 5.41) is 13.3. The summed E-state index contributed by atoms with van der Waals surface area (Å²) in [6.45, 7) is 4.96. The van der Waals surface area contributed by atoms with E-state index in [2.05, 4.69) is 15.5 Å². The second-order valence-electron chi connectivity index (χ2n) is 5.87. The molecule has 0 saturated carbocycles. The maximum Gasteiger partial charge on any atom is 0.222 e. The summed E-state index contributed by atoms with van der Waals surface area (Å²) in [5.41, 5.74) is 4.03. The lowest BCUT2D eigenvalue weighted by Crippen LogP contribution is -2.24. The Hall–Kier alpha value is -2.34. The Morgan fingerprint density at radius 3 is 2.83 bits per heavy atom. The SMILES string of the molecule is Cc1nn(C)c(C)c1CNC(=O)CCn1ncc2ccc(Cl)cc21. The molecular formula is C17H20ClN5O. The summed E-state index contributed by atoms with van der Waals surface area (Å²) in [5.74, 6) is -0.0108. The number of carbonyl (C=O) groups excluding carboxylic acids is 1. The molecule has 3 aromatic rings. The molecule has 0 bridgehead atoms. The molecule has 0 radical (unpaired) electrons. The molecule has 1 aromatic carbocycles. The van der Waals surface area contributed by atoms with Gasteiger partial charge in [-0.05, 0) is 32.0 Å². The van der Waals surface area contributed by atoms with Gasteiger partial charge in [0.15, 0.2) is 0 Å². The number of aryl methyl sites for hydroxylation is 3. The Morgan fingerprint density at radius 2 is 2.12 bits per heavy atom. The van der Waals surface area contributed by atoms with Crippen LogP contribution in [-0.2, 0) is 24.9 Å². The molecular weight excluding hydrogens is 326 g/mol. The van der Waals surface area contributed by atoms with Gasteiger partial charge in [0.2, 0.25) is 5.91 Å². The Labute approximate surface area is 145 Å². The number of aromatic nitrogens is 4. The van der Waals surface area contributed by atoms with Gasteiger partial charge in [-0.25, -0.2) is 0 Å². The fraction of sp³-hybridized carbons (Fsp3) is 0.353. The molecule has 126 valence electrons. The van der Waals surface area contributed by atoms with E-state index in [9.17, 15) is 4.79 Å². The topological polar surface area (TPSA) is 64.7 Å². The fourth-order valence-corrected chi connectivity index (χ4v) is 2.94. The lowest BCUT2D eigenvalue weighted by molar-refractivity contribution is -0.121. The van der Waals surface area contributed by atoms with Crippen molar-refractivity contribution >= 4 is 28.4 Å². The highest BCUT2D eigenvalue weighted by atomic mass is 35.5. The van der Waals surface area contributed by atoms with E-state index in [1.54, 1.807) is 10.9 Å². The molecule has 1 amide bonds. The number of fused-ring (bicyclic) bond motifs is 1. The van der Waals surface area contributed by atoms with E-state index in [0.717, 1.165) is 27.9 Å². The lowest BCUT2D eigenvalue weighted by Gasteiger charge is -2.07. The Morgan fingerprint density at radius 1 is 1.33 bits per heavy atom. The van der Waals surface area contributed by atoms with Crippen LogP contribution in [0.1, 0.15) is 23.4 Å². The van der Waals surface area contributed by atoms with E-state index in [0.29, 0.717) is 24.5 Å². The third-order valence-corrected chi connectivity index (χ3v) is 4.51. The minimum Gasteiger partial charge on any atom is -0.352 e. The van der Waals surface area contributed by atoms with Crippen molar-refractivity contribution in [3.05, 3.63) is 46.4 Å². The molecule has 0 saturated heterocycles. The van der Waals surface area contributed by atoms with Crippen LogP contribution in [-0.4, -0.2) is 25.5 Å². The number of rotatable bonds is 5. The van der Waals surface area contributed by atoms with Crippen LogP contribution in [0.5, 0.6) is 0 Å². The third kappa shape index (κ3) is 3.28. The van der Waals surface area contributed by atoms with Gasteiger partial charge in [-0.3, -0.25) is 14.2 Å². The van der Waals surface area contributed by atoms with Gasteiger partial charge in [0.05, 0.1) is 24.0 Å². The number of nitrogens with one attached hydrogen (secondary N) is 1. The molecule has 0 spiro atoms. The van der Waals surface area contributed by atoms with E-state index in [4.69, 9.17) is 11.6 Å². The summed E-state index contributed by atoms with van der Waals surface area (Å²) in [6.07, 6.45) is 2.15. The monoisotopic (exact) mass is 345 g/mol. The minimum atomic E-state index is -0.0108. The zero-order valence-corrected chi connectivity index (χ0v) is 14.8. The quantitative estimate of drug-likeness (QED) is 0.773. The van der Waals surface area contributed by atoms with E-state index >= 15 is 0 Å². The average molecular weight is 346 g/mol. The number of carbonyl (C=O) groups is 1. The number of hydrogen-bond donors (Lipinski definition) is 1. The zero-order valence-electron chi connectivity index (χ0n) is 14.0. The van der Waals surface area contributed by atoms with E-state index < -0.39 is 0 Å². The minimum absolute atomic E-state index is 0.0108. The van der Waals surface area contributed by atoms with Gasteiger partial charge in [0.1, 0.15) is 0 Å². The van der Waals surface area contributed by atoms with Crippen molar-refractivity contribution in [3.63, 3.8) is 0 Å². The normalized spacial score (nSPS) is 11.2. The van der Waals surface area contributed by atoms with Gasteiger partial charge in [-0.1, -0.05) is 11.6 Å². The molecule has 7 heteroatoms. The summed E-state index contributed by atoms with van der Waals surface area (Å²) >= 11 is 6.03. The summed E-state index contributed by atoms with van der Waals surface area (Å²) in [4.78, 5) is 12.1. The largest absolute Gasteiger partial charge is 0.352 e. The molecule has 2 heterocycles. The van der Waals surface area contributed by atoms with Gasteiger partial charge >= 0.3 is 0 Å². The Kier molecular flexibility index (Phi) is 4.57. The van der Waals surface area contributed by atoms with Crippen molar-refractivity contribution in [2.75, 3.05) is 0 Å². The number of amides is 1.